The van der Waals surface area contributed by atoms with Crippen LogP contribution in [0.4, 0.5) is 0 Å². The molecule has 0 radical (unpaired) electrons. The summed E-state index contributed by atoms with van der Waals surface area (Å²) in [5.74, 6) is 1.19. The van der Waals surface area contributed by atoms with Crippen LogP contribution in [0.5, 0.6) is 17.4 Å². The lowest BCUT2D eigenvalue weighted by Gasteiger charge is -2.10. The van der Waals surface area contributed by atoms with Gasteiger partial charge in [0.1, 0.15) is 11.5 Å². The van der Waals surface area contributed by atoms with Gasteiger partial charge in [-0.25, -0.2) is 4.98 Å². The zero-order valence-electron chi connectivity index (χ0n) is 11.8. The molecule has 3 rings (SSSR count). The first-order valence-electron chi connectivity index (χ1n) is 6.84. The van der Waals surface area contributed by atoms with Gasteiger partial charge in [-0.3, -0.25) is 4.79 Å². The Morgan fingerprint density at radius 1 is 1.33 bits per heavy atom. The second kappa shape index (κ2) is 5.57. The standard InChI is InChI=1S/C15H17N3O3/c1-20-12-6-10(9-16)7-13(8-12)21-14-15(19)18(5-4-17-14)11-2-3-11/h4-8,11H,2-3,9,16H2,1H3. The molecule has 1 aromatic heterocycles. The van der Waals surface area contributed by atoms with Crippen molar-refractivity contribution in [2.24, 2.45) is 5.73 Å². The molecule has 2 aromatic rings. The van der Waals surface area contributed by atoms with Crippen LogP contribution in [0.1, 0.15) is 24.4 Å². The van der Waals surface area contributed by atoms with E-state index in [9.17, 15) is 4.79 Å². The number of methoxy groups -OCH3 is 1. The summed E-state index contributed by atoms with van der Waals surface area (Å²) in [6.45, 7) is 0.363. The van der Waals surface area contributed by atoms with Crippen molar-refractivity contribution in [1.82, 2.24) is 9.55 Å². The van der Waals surface area contributed by atoms with Crippen molar-refractivity contribution in [1.29, 1.82) is 0 Å². The van der Waals surface area contributed by atoms with E-state index >= 15 is 0 Å². The summed E-state index contributed by atoms with van der Waals surface area (Å²) in [5, 5.41) is 0. The predicted octanol–water partition coefficient (Wildman–Crippen LogP) is 1.84. The molecule has 6 nitrogen and oxygen atoms in total. The van der Waals surface area contributed by atoms with E-state index in [4.69, 9.17) is 15.2 Å². The average Bonchev–Trinajstić information content (AvgIpc) is 3.33. The van der Waals surface area contributed by atoms with E-state index in [1.54, 1.807) is 36.2 Å². The van der Waals surface area contributed by atoms with E-state index in [1.807, 2.05) is 6.07 Å². The molecule has 6 heteroatoms. The molecule has 0 aliphatic heterocycles. The van der Waals surface area contributed by atoms with Gasteiger partial charge in [-0.15, -0.1) is 0 Å². The Hall–Kier alpha value is -2.34. The summed E-state index contributed by atoms with van der Waals surface area (Å²) in [6, 6.07) is 5.59. The second-order valence-electron chi connectivity index (χ2n) is 5.00. The average molecular weight is 287 g/mol. The summed E-state index contributed by atoms with van der Waals surface area (Å²) < 4.78 is 12.5. The summed E-state index contributed by atoms with van der Waals surface area (Å²) in [7, 11) is 1.57. The maximum atomic E-state index is 12.3. The molecule has 0 spiro atoms. The highest BCUT2D eigenvalue weighted by Gasteiger charge is 2.25. The molecule has 1 aromatic carbocycles. The fourth-order valence-electron chi connectivity index (χ4n) is 2.15. The predicted molar refractivity (Wildman–Crippen MR) is 77.7 cm³/mol. The number of hydrogen-bond acceptors (Lipinski definition) is 5. The molecule has 110 valence electrons. The van der Waals surface area contributed by atoms with Crippen molar-refractivity contribution >= 4 is 0 Å². The molecule has 0 unspecified atom stereocenters. The molecule has 1 saturated carbocycles. The molecule has 2 N–H and O–H groups in total. The number of hydrogen-bond donors (Lipinski definition) is 1. The number of rotatable bonds is 5. The number of aromatic nitrogens is 2. The molecule has 1 aliphatic carbocycles. The first-order chi connectivity index (χ1) is 10.2. The van der Waals surface area contributed by atoms with Crippen LogP contribution in [0.25, 0.3) is 0 Å². The Bertz CT molecular complexity index is 685. The van der Waals surface area contributed by atoms with Crippen LogP contribution >= 0.6 is 0 Å². The Labute approximate surface area is 122 Å². The van der Waals surface area contributed by atoms with Crippen LogP contribution in [0.2, 0.25) is 0 Å². The highest BCUT2D eigenvalue weighted by molar-refractivity contribution is 5.39. The van der Waals surface area contributed by atoms with Gasteiger partial charge in [-0.1, -0.05) is 0 Å². The molecular weight excluding hydrogens is 270 g/mol. The molecule has 1 aliphatic rings. The highest BCUT2D eigenvalue weighted by Crippen LogP contribution is 2.33. The molecule has 0 amide bonds. The molecule has 21 heavy (non-hydrogen) atoms. The molecule has 1 fully saturated rings. The number of nitrogens with zero attached hydrogens (tertiary/aromatic N) is 2. The maximum Gasteiger partial charge on any atom is 0.313 e. The van der Waals surface area contributed by atoms with Crippen molar-refractivity contribution in [2.45, 2.75) is 25.4 Å². The second-order valence-corrected chi connectivity index (χ2v) is 5.00. The van der Waals surface area contributed by atoms with E-state index in [2.05, 4.69) is 4.98 Å². The monoisotopic (exact) mass is 287 g/mol. The van der Waals surface area contributed by atoms with Gasteiger partial charge in [0.25, 0.3) is 5.88 Å². The first-order valence-corrected chi connectivity index (χ1v) is 6.84. The first kappa shape index (κ1) is 13.6. The number of ether oxygens (including phenoxy) is 2. The lowest BCUT2D eigenvalue weighted by Crippen LogP contribution is -2.20. The van der Waals surface area contributed by atoms with Crippen LogP contribution in [0, 0.1) is 0 Å². The van der Waals surface area contributed by atoms with Gasteiger partial charge < -0.3 is 19.8 Å². The summed E-state index contributed by atoms with van der Waals surface area (Å²) in [6.07, 6.45) is 5.34. The van der Waals surface area contributed by atoms with Crippen molar-refractivity contribution in [3.8, 4) is 17.4 Å². The van der Waals surface area contributed by atoms with E-state index < -0.39 is 0 Å². The van der Waals surface area contributed by atoms with Crippen molar-refractivity contribution < 1.29 is 9.47 Å². The largest absolute Gasteiger partial charge is 0.497 e. The molecule has 0 atom stereocenters. The van der Waals surface area contributed by atoms with Crippen molar-refractivity contribution in [3.05, 3.63) is 46.5 Å². The zero-order valence-corrected chi connectivity index (χ0v) is 11.8. The van der Waals surface area contributed by atoms with Gasteiger partial charge in [-0.05, 0) is 30.5 Å². The minimum Gasteiger partial charge on any atom is -0.497 e. The van der Waals surface area contributed by atoms with E-state index in [-0.39, 0.29) is 17.5 Å². The normalized spacial score (nSPS) is 14.0. The van der Waals surface area contributed by atoms with E-state index in [1.165, 1.54) is 0 Å². The number of nitrogens with two attached hydrogens (primary N) is 1. The van der Waals surface area contributed by atoms with E-state index in [0.29, 0.717) is 18.0 Å². The number of benzene rings is 1. The maximum absolute atomic E-state index is 12.3. The van der Waals surface area contributed by atoms with Crippen LogP contribution in [0.3, 0.4) is 0 Å². The smallest absolute Gasteiger partial charge is 0.313 e. The van der Waals surface area contributed by atoms with Crippen molar-refractivity contribution in [2.75, 3.05) is 7.11 Å². The van der Waals surface area contributed by atoms with Crippen LogP contribution in [-0.4, -0.2) is 16.7 Å². The lowest BCUT2D eigenvalue weighted by molar-refractivity contribution is 0.404. The Morgan fingerprint density at radius 3 is 2.76 bits per heavy atom. The molecular formula is C15H17N3O3. The topological polar surface area (TPSA) is 79.4 Å². The van der Waals surface area contributed by atoms with Gasteiger partial charge in [0.15, 0.2) is 0 Å². The summed E-state index contributed by atoms with van der Waals surface area (Å²) in [5.41, 5.74) is 6.30. The fourth-order valence-corrected chi connectivity index (χ4v) is 2.15. The SMILES string of the molecule is COc1cc(CN)cc(Oc2nccn(C3CC3)c2=O)c1. The summed E-state index contributed by atoms with van der Waals surface area (Å²) in [4.78, 5) is 16.3. The minimum absolute atomic E-state index is 0.0700. The lowest BCUT2D eigenvalue weighted by atomic mass is 10.2. The Balaban J connectivity index is 1.93. The quantitative estimate of drug-likeness (QED) is 0.907. The molecule has 0 bridgehead atoms. The van der Waals surface area contributed by atoms with Gasteiger partial charge in [0, 0.05) is 31.0 Å². The van der Waals surface area contributed by atoms with Gasteiger partial charge >= 0.3 is 5.56 Å². The van der Waals surface area contributed by atoms with Crippen LogP contribution in [0.15, 0.2) is 35.4 Å². The Morgan fingerprint density at radius 2 is 2.10 bits per heavy atom. The van der Waals surface area contributed by atoms with Gasteiger partial charge in [0.2, 0.25) is 0 Å². The minimum atomic E-state index is -0.211. The molecule has 0 saturated heterocycles. The van der Waals surface area contributed by atoms with Crippen LogP contribution in [-0.2, 0) is 6.54 Å². The zero-order chi connectivity index (χ0) is 14.8. The summed E-state index contributed by atoms with van der Waals surface area (Å²) >= 11 is 0. The van der Waals surface area contributed by atoms with Crippen molar-refractivity contribution in [3.63, 3.8) is 0 Å². The van der Waals surface area contributed by atoms with Gasteiger partial charge in [0.05, 0.1) is 7.11 Å². The third-order valence-electron chi connectivity index (χ3n) is 3.40. The van der Waals surface area contributed by atoms with Gasteiger partial charge in [-0.2, -0.15) is 0 Å². The van der Waals surface area contributed by atoms with Crippen LogP contribution < -0.4 is 20.8 Å². The fraction of sp³-hybridized carbons (Fsp3) is 0.333. The Kier molecular flexibility index (Phi) is 3.62. The third-order valence-corrected chi connectivity index (χ3v) is 3.40. The molecule has 1 heterocycles. The third kappa shape index (κ3) is 2.90. The highest BCUT2D eigenvalue weighted by atomic mass is 16.5. The van der Waals surface area contributed by atoms with E-state index in [0.717, 1.165) is 18.4 Å².